The summed E-state index contributed by atoms with van der Waals surface area (Å²) in [5.41, 5.74) is -1.62. The van der Waals surface area contributed by atoms with E-state index in [1.807, 2.05) is 10.1 Å². The number of aliphatic hydroxyl groups is 6. The molecule has 0 bridgehead atoms. The number of nitrogens with zero attached hydrogens (tertiary/aromatic N) is 1. The molecule has 2 fully saturated rings. The van der Waals surface area contributed by atoms with Crippen LogP contribution in [0.5, 0.6) is 0 Å². The highest BCUT2D eigenvalue weighted by molar-refractivity contribution is 7.50. The zero-order valence-corrected chi connectivity index (χ0v) is 17.8. The maximum atomic E-state index is 12.3. The van der Waals surface area contributed by atoms with Crippen molar-refractivity contribution >= 4 is 7.75 Å². The summed E-state index contributed by atoms with van der Waals surface area (Å²) in [6.45, 7) is -1.51. The Hall–Kier alpha value is -1.57. The van der Waals surface area contributed by atoms with Gasteiger partial charge in [0.1, 0.15) is 36.6 Å². The Morgan fingerprint density at radius 2 is 1.70 bits per heavy atom. The van der Waals surface area contributed by atoms with Gasteiger partial charge in [0, 0.05) is 12.3 Å². The minimum Gasteiger partial charge on any atom is -0.394 e. The molecule has 2 aliphatic heterocycles. The molecule has 0 spiro atoms. The molecule has 0 saturated carbocycles. The molecule has 2 aliphatic rings. The molecule has 10 atom stereocenters. The van der Waals surface area contributed by atoms with Crippen LogP contribution in [0.2, 0.25) is 0 Å². The molecule has 3 heterocycles. The van der Waals surface area contributed by atoms with E-state index in [1.165, 1.54) is 0 Å². The predicted molar refractivity (Wildman–Crippen MR) is 105 cm³/mol. The standard InChI is InChI=1S/C15H24N3O13P.H3N/c19-3-5-9(21)11(23)8(14(25)31-5)17-32(27,28)29-4-6-10(22)12(24)13(30-6)18-2-1-7(20)16-15(18)26;/h1-2,5-6,8-14,19,21-25H,3-4H2,(H,16,20,26)(H2,17,27,28);1H3/t5-,6-,8-,9-,10-,11-,12-,13-,14?;/m1./s1. The van der Waals surface area contributed by atoms with E-state index in [9.17, 15) is 44.6 Å². The second-order valence-electron chi connectivity index (χ2n) is 7.26. The van der Waals surface area contributed by atoms with E-state index in [1.54, 1.807) is 0 Å². The summed E-state index contributed by atoms with van der Waals surface area (Å²) in [4.78, 5) is 35.0. The zero-order chi connectivity index (χ0) is 23.8. The monoisotopic (exact) mass is 502 g/mol. The predicted octanol–water partition coefficient (Wildman–Crippen LogP) is -5.18. The number of aromatic nitrogens is 2. The molecule has 3 rings (SSSR count). The number of hydrogen-bond donors (Lipinski definition) is 10. The van der Waals surface area contributed by atoms with Crippen molar-refractivity contribution in [3.05, 3.63) is 33.1 Å². The first-order valence-corrected chi connectivity index (χ1v) is 10.9. The van der Waals surface area contributed by atoms with Gasteiger partial charge in [0.05, 0.1) is 19.3 Å². The van der Waals surface area contributed by atoms with Crippen LogP contribution < -0.4 is 22.5 Å². The summed E-state index contributed by atoms with van der Waals surface area (Å²) in [6.07, 6.45) is -11.8. The summed E-state index contributed by atoms with van der Waals surface area (Å²) in [7, 11) is -4.81. The quantitative estimate of drug-likeness (QED) is 0.156. The molecular weight excluding hydrogens is 475 g/mol. The van der Waals surface area contributed by atoms with Crippen molar-refractivity contribution in [3.63, 3.8) is 0 Å². The molecule has 2 saturated heterocycles. The van der Waals surface area contributed by atoms with Gasteiger partial charge in [-0.1, -0.05) is 0 Å². The molecular formula is C15H27N4O13P. The molecule has 33 heavy (non-hydrogen) atoms. The van der Waals surface area contributed by atoms with Crippen LogP contribution in [0, 0.1) is 0 Å². The number of rotatable bonds is 7. The first kappa shape index (κ1) is 27.7. The van der Waals surface area contributed by atoms with Crippen molar-refractivity contribution < 1.29 is 54.1 Å². The number of aromatic amines is 1. The fourth-order valence-electron chi connectivity index (χ4n) is 3.36. The third kappa shape index (κ3) is 5.92. The summed E-state index contributed by atoms with van der Waals surface area (Å²) in [5.74, 6) is 0. The molecule has 0 radical (unpaired) electrons. The molecule has 1 aromatic heterocycles. The summed E-state index contributed by atoms with van der Waals surface area (Å²) in [5, 5.41) is 61.0. The van der Waals surface area contributed by atoms with Crippen LogP contribution in [0.25, 0.3) is 0 Å². The van der Waals surface area contributed by atoms with Crippen molar-refractivity contribution in [2.24, 2.45) is 0 Å². The minimum atomic E-state index is -4.81. The van der Waals surface area contributed by atoms with Crippen LogP contribution in [0.4, 0.5) is 0 Å². The van der Waals surface area contributed by atoms with Crippen LogP contribution in [0.15, 0.2) is 21.9 Å². The van der Waals surface area contributed by atoms with Gasteiger partial charge in [-0.05, 0) is 0 Å². The third-order valence-electron chi connectivity index (χ3n) is 5.09. The fraction of sp³-hybridized carbons (Fsp3) is 0.733. The normalized spacial score (nSPS) is 38.5. The van der Waals surface area contributed by atoms with Crippen molar-refractivity contribution in [3.8, 4) is 0 Å². The smallest absolute Gasteiger partial charge is 0.394 e. The van der Waals surface area contributed by atoms with Crippen LogP contribution >= 0.6 is 7.75 Å². The number of aliphatic hydroxyl groups excluding tert-OH is 6. The van der Waals surface area contributed by atoms with E-state index >= 15 is 0 Å². The average molecular weight is 502 g/mol. The Kier molecular flexibility index (Phi) is 9.05. The molecule has 0 aliphatic carbocycles. The maximum absolute atomic E-state index is 12.3. The van der Waals surface area contributed by atoms with Gasteiger partial charge in [-0.15, -0.1) is 0 Å². The molecule has 12 N–H and O–H groups in total. The SMILES string of the molecule is N.O=c1ccn([C@@H]2O[C@H](COP(=O)(O)N[C@H]3C(O)O[C@H](CO)[C@@H](O)[C@@H]3O)[C@@H](O)[C@H]2O)c(=O)[nH]1. The molecule has 18 heteroatoms. The highest BCUT2D eigenvalue weighted by Gasteiger charge is 2.48. The van der Waals surface area contributed by atoms with Crippen molar-refractivity contribution in [1.29, 1.82) is 0 Å². The Morgan fingerprint density at radius 3 is 2.30 bits per heavy atom. The first-order valence-electron chi connectivity index (χ1n) is 9.34. The van der Waals surface area contributed by atoms with Crippen molar-refractivity contribution in [2.75, 3.05) is 13.2 Å². The molecule has 190 valence electrons. The van der Waals surface area contributed by atoms with Gasteiger partial charge in [-0.25, -0.2) is 14.4 Å². The van der Waals surface area contributed by atoms with Gasteiger partial charge >= 0.3 is 13.4 Å². The average Bonchev–Trinajstić information content (AvgIpc) is 3.01. The zero-order valence-electron chi connectivity index (χ0n) is 16.9. The minimum absolute atomic E-state index is 0. The van der Waals surface area contributed by atoms with Gasteiger partial charge in [0.25, 0.3) is 5.56 Å². The van der Waals surface area contributed by atoms with Gasteiger partial charge in [0.2, 0.25) is 0 Å². The van der Waals surface area contributed by atoms with Gasteiger partial charge in [0.15, 0.2) is 12.5 Å². The van der Waals surface area contributed by atoms with E-state index < -0.39 is 87.4 Å². The van der Waals surface area contributed by atoms with E-state index in [0.717, 1.165) is 16.8 Å². The van der Waals surface area contributed by atoms with Crippen LogP contribution in [-0.2, 0) is 18.6 Å². The number of ether oxygens (including phenoxy) is 2. The number of hydrogen-bond acceptors (Lipinski definition) is 13. The third-order valence-corrected chi connectivity index (χ3v) is 6.21. The highest BCUT2D eigenvalue weighted by atomic mass is 31.2. The topological polar surface area (TPSA) is 288 Å². The molecule has 2 unspecified atom stereocenters. The lowest BCUT2D eigenvalue weighted by Crippen LogP contribution is -2.62. The molecule has 17 nitrogen and oxygen atoms in total. The maximum Gasteiger partial charge on any atom is 0.403 e. The lowest BCUT2D eigenvalue weighted by atomic mass is 9.98. The van der Waals surface area contributed by atoms with Crippen molar-refractivity contribution in [2.45, 2.75) is 55.2 Å². The largest absolute Gasteiger partial charge is 0.403 e. The van der Waals surface area contributed by atoms with Gasteiger partial charge < -0.3 is 51.2 Å². The Labute approximate surface area is 185 Å². The first-order chi connectivity index (χ1) is 14.9. The number of nitrogens with one attached hydrogen (secondary N) is 2. The lowest BCUT2D eigenvalue weighted by molar-refractivity contribution is -0.252. The van der Waals surface area contributed by atoms with Gasteiger partial charge in [-0.2, -0.15) is 0 Å². The van der Waals surface area contributed by atoms with E-state index in [0.29, 0.717) is 0 Å². The van der Waals surface area contributed by atoms with E-state index in [4.69, 9.17) is 19.1 Å². The Balaban J connectivity index is 0.00000385. The second-order valence-corrected chi connectivity index (χ2v) is 8.82. The van der Waals surface area contributed by atoms with Crippen LogP contribution in [0.3, 0.4) is 0 Å². The Morgan fingerprint density at radius 1 is 1.06 bits per heavy atom. The second kappa shape index (κ2) is 10.8. The molecule has 0 aromatic carbocycles. The molecule has 1 aromatic rings. The lowest BCUT2D eigenvalue weighted by Gasteiger charge is -2.40. The fourth-order valence-corrected chi connectivity index (χ4v) is 4.44. The van der Waals surface area contributed by atoms with Gasteiger partial charge in [-0.3, -0.25) is 18.9 Å². The summed E-state index contributed by atoms with van der Waals surface area (Å²) < 4.78 is 28.1. The van der Waals surface area contributed by atoms with Crippen molar-refractivity contribution in [1.82, 2.24) is 20.8 Å². The van der Waals surface area contributed by atoms with E-state index in [-0.39, 0.29) is 6.15 Å². The van der Waals surface area contributed by atoms with Crippen LogP contribution in [0.1, 0.15) is 6.23 Å². The summed E-state index contributed by atoms with van der Waals surface area (Å²) in [6, 6.07) is -0.700. The number of H-pyrrole nitrogens is 1. The van der Waals surface area contributed by atoms with E-state index in [2.05, 4.69) is 0 Å². The van der Waals surface area contributed by atoms with Crippen LogP contribution in [-0.4, -0.2) is 107 Å². The molecule has 0 amide bonds. The summed E-state index contributed by atoms with van der Waals surface area (Å²) >= 11 is 0. The highest BCUT2D eigenvalue weighted by Crippen LogP contribution is 2.41. The Bertz CT molecular complexity index is 958.